The number of nitrogens with one attached hydrogen (secondary N) is 1. The number of aliphatic carboxylic acids is 1. The smallest absolute Gasteiger partial charge is 0.306 e. The van der Waals surface area contributed by atoms with Crippen molar-refractivity contribution >= 4 is 17.8 Å². The standard InChI is InChI=1S/C20H38N2O6/c1-9-13(6)17(14(28-8)10-15(23)24)22(7)20(27)16(11(2)3)21-19(26)18(25)12(4)5/h11-14,16-18,25H,9-10H2,1-8H3,(H,21,26)(H,23,24)/t13-,14+,16-,17-,18-/m0/s1. The number of hydrogen-bond donors (Lipinski definition) is 3. The Morgan fingerprint density at radius 1 is 1.07 bits per heavy atom. The van der Waals surface area contributed by atoms with E-state index in [2.05, 4.69) is 5.32 Å². The van der Waals surface area contributed by atoms with Crippen LogP contribution in [0.15, 0.2) is 0 Å². The van der Waals surface area contributed by atoms with Gasteiger partial charge in [-0.25, -0.2) is 0 Å². The number of carboxylic acid groups (broad SMARTS) is 1. The zero-order chi connectivity index (χ0) is 22.2. The molecule has 28 heavy (non-hydrogen) atoms. The van der Waals surface area contributed by atoms with Crippen molar-refractivity contribution in [1.29, 1.82) is 0 Å². The molecule has 0 aromatic rings. The summed E-state index contributed by atoms with van der Waals surface area (Å²) in [7, 11) is 3.04. The molecule has 0 aromatic carbocycles. The molecule has 0 aliphatic heterocycles. The predicted molar refractivity (Wildman–Crippen MR) is 107 cm³/mol. The van der Waals surface area contributed by atoms with Gasteiger partial charge in [-0.1, -0.05) is 48.0 Å². The minimum atomic E-state index is -1.21. The minimum Gasteiger partial charge on any atom is -0.481 e. The van der Waals surface area contributed by atoms with Crippen LogP contribution in [0.2, 0.25) is 0 Å². The maximum Gasteiger partial charge on any atom is 0.306 e. The van der Waals surface area contributed by atoms with Gasteiger partial charge in [0.1, 0.15) is 12.1 Å². The van der Waals surface area contributed by atoms with Crippen LogP contribution in [0.5, 0.6) is 0 Å². The molecule has 0 spiro atoms. The highest BCUT2D eigenvalue weighted by atomic mass is 16.5. The molecular weight excluding hydrogens is 364 g/mol. The lowest BCUT2D eigenvalue weighted by atomic mass is 9.90. The quantitative estimate of drug-likeness (QED) is 0.456. The van der Waals surface area contributed by atoms with E-state index in [9.17, 15) is 24.6 Å². The number of nitrogens with zero attached hydrogens (tertiary/aromatic N) is 1. The number of ether oxygens (including phenoxy) is 1. The number of hydrogen-bond acceptors (Lipinski definition) is 5. The molecule has 0 radical (unpaired) electrons. The number of aliphatic hydroxyl groups is 1. The Morgan fingerprint density at radius 3 is 1.96 bits per heavy atom. The van der Waals surface area contributed by atoms with Crippen LogP contribution in [0.1, 0.15) is 54.4 Å². The molecule has 0 aromatic heterocycles. The molecule has 0 saturated heterocycles. The molecule has 0 heterocycles. The van der Waals surface area contributed by atoms with E-state index in [0.29, 0.717) is 0 Å². The zero-order valence-electron chi connectivity index (χ0n) is 18.4. The molecule has 164 valence electrons. The zero-order valence-corrected chi connectivity index (χ0v) is 18.4. The van der Waals surface area contributed by atoms with Gasteiger partial charge in [-0.15, -0.1) is 0 Å². The molecule has 0 fully saturated rings. The molecule has 0 unspecified atom stereocenters. The largest absolute Gasteiger partial charge is 0.481 e. The average Bonchev–Trinajstić information content (AvgIpc) is 2.62. The molecule has 5 atom stereocenters. The van der Waals surface area contributed by atoms with E-state index in [4.69, 9.17) is 4.74 Å². The lowest BCUT2D eigenvalue weighted by Gasteiger charge is -2.39. The van der Waals surface area contributed by atoms with Crippen LogP contribution in [-0.4, -0.2) is 71.3 Å². The van der Waals surface area contributed by atoms with Gasteiger partial charge in [0.15, 0.2) is 0 Å². The van der Waals surface area contributed by atoms with Gasteiger partial charge in [-0.05, 0) is 17.8 Å². The number of amides is 2. The van der Waals surface area contributed by atoms with E-state index in [1.54, 1.807) is 20.9 Å². The summed E-state index contributed by atoms with van der Waals surface area (Å²) >= 11 is 0. The van der Waals surface area contributed by atoms with Crippen molar-refractivity contribution < 1.29 is 29.3 Å². The Balaban J connectivity index is 5.67. The third-order valence-electron chi connectivity index (χ3n) is 5.21. The molecule has 0 rings (SSSR count). The summed E-state index contributed by atoms with van der Waals surface area (Å²) in [5, 5.41) is 21.8. The molecule has 0 aliphatic carbocycles. The maximum absolute atomic E-state index is 13.2. The lowest BCUT2D eigenvalue weighted by Crippen LogP contribution is -2.58. The van der Waals surface area contributed by atoms with Gasteiger partial charge in [0.05, 0.1) is 18.6 Å². The fourth-order valence-corrected chi connectivity index (χ4v) is 3.18. The van der Waals surface area contributed by atoms with Crippen molar-refractivity contribution in [3.8, 4) is 0 Å². The van der Waals surface area contributed by atoms with Crippen molar-refractivity contribution in [2.24, 2.45) is 17.8 Å². The fourth-order valence-electron chi connectivity index (χ4n) is 3.18. The van der Waals surface area contributed by atoms with Gasteiger partial charge in [0.25, 0.3) is 0 Å². The van der Waals surface area contributed by atoms with Crippen LogP contribution in [-0.2, 0) is 19.1 Å². The normalized spacial score (nSPS) is 17.0. The molecular formula is C20H38N2O6. The van der Waals surface area contributed by atoms with Crippen LogP contribution in [0.4, 0.5) is 0 Å². The van der Waals surface area contributed by atoms with E-state index >= 15 is 0 Å². The van der Waals surface area contributed by atoms with Crippen LogP contribution in [0.25, 0.3) is 0 Å². The predicted octanol–water partition coefficient (Wildman–Crippen LogP) is 1.51. The third kappa shape index (κ3) is 7.39. The Hall–Kier alpha value is -1.67. The third-order valence-corrected chi connectivity index (χ3v) is 5.21. The van der Waals surface area contributed by atoms with Gasteiger partial charge < -0.3 is 25.2 Å². The molecule has 3 N–H and O–H groups in total. The Bertz CT molecular complexity index is 523. The Labute approximate surface area is 168 Å². The fraction of sp³-hybridized carbons (Fsp3) is 0.850. The minimum absolute atomic E-state index is 0.0111. The van der Waals surface area contributed by atoms with Gasteiger partial charge >= 0.3 is 5.97 Å². The first-order valence-corrected chi connectivity index (χ1v) is 9.88. The number of likely N-dealkylation sites (N-methyl/N-ethyl adjacent to an activating group) is 1. The second-order valence-electron chi connectivity index (χ2n) is 8.12. The molecule has 0 bridgehead atoms. The van der Waals surface area contributed by atoms with Crippen molar-refractivity contribution in [2.75, 3.05) is 14.2 Å². The molecule has 8 heteroatoms. The van der Waals surface area contributed by atoms with Gasteiger partial charge in [-0.3, -0.25) is 14.4 Å². The Kier molecular flexibility index (Phi) is 11.3. The van der Waals surface area contributed by atoms with Crippen LogP contribution < -0.4 is 5.32 Å². The number of aliphatic hydroxyl groups excluding tert-OH is 1. The van der Waals surface area contributed by atoms with E-state index in [1.807, 2.05) is 27.7 Å². The van der Waals surface area contributed by atoms with Crippen LogP contribution in [0, 0.1) is 17.8 Å². The first-order chi connectivity index (χ1) is 12.9. The second kappa shape index (κ2) is 12.0. The number of carboxylic acids is 1. The van der Waals surface area contributed by atoms with E-state index < -0.39 is 36.2 Å². The summed E-state index contributed by atoms with van der Waals surface area (Å²) in [6, 6.07) is -1.30. The highest BCUT2D eigenvalue weighted by Gasteiger charge is 2.38. The highest BCUT2D eigenvalue weighted by Crippen LogP contribution is 2.23. The van der Waals surface area contributed by atoms with E-state index in [-0.39, 0.29) is 30.1 Å². The number of methoxy groups -OCH3 is 1. The lowest BCUT2D eigenvalue weighted by molar-refractivity contribution is -0.148. The van der Waals surface area contributed by atoms with Gasteiger partial charge in [-0.2, -0.15) is 0 Å². The van der Waals surface area contributed by atoms with Crippen LogP contribution in [0.3, 0.4) is 0 Å². The summed E-state index contributed by atoms with van der Waals surface area (Å²) in [4.78, 5) is 38.2. The van der Waals surface area contributed by atoms with E-state index in [1.165, 1.54) is 12.0 Å². The van der Waals surface area contributed by atoms with Gasteiger partial charge in [0, 0.05) is 14.2 Å². The average molecular weight is 403 g/mol. The van der Waals surface area contributed by atoms with Crippen molar-refractivity contribution in [3.63, 3.8) is 0 Å². The molecule has 0 aliphatic rings. The van der Waals surface area contributed by atoms with Crippen molar-refractivity contribution in [3.05, 3.63) is 0 Å². The summed E-state index contributed by atoms with van der Waals surface area (Å²) in [6.45, 7) is 11.0. The number of carbonyl (C=O) groups is 3. The monoisotopic (exact) mass is 402 g/mol. The van der Waals surface area contributed by atoms with Gasteiger partial charge in [0.2, 0.25) is 11.8 Å². The summed E-state index contributed by atoms with van der Waals surface area (Å²) in [5.41, 5.74) is 0. The number of carbonyl (C=O) groups excluding carboxylic acids is 2. The molecule has 0 saturated carbocycles. The molecule has 8 nitrogen and oxygen atoms in total. The highest BCUT2D eigenvalue weighted by molar-refractivity contribution is 5.89. The van der Waals surface area contributed by atoms with E-state index in [0.717, 1.165) is 6.42 Å². The number of rotatable bonds is 12. The van der Waals surface area contributed by atoms with Crippen molar-refractivity contribution in [2.45, 2.75) is 78.7 Å². The first-order valence-electron chi connectivity index (χ1n) is 9.88. The summed E-state index contributed by atoms with van der Waals surface area (Å²) < 4.78 is 5.41. The Morgan fingerprint density at radius 2 is 1.61 bits per heavy atom. The van der Waals surface area contributed by atoms with Crippen molar-refractivity contribution in [1.82, 2.24) is 10.2 Å². The summed E-state index contributed by atoms with van der Waals surface area (Å²) in [5.74, 6) is -2.43. The SMILES string of the molecule is CC[C@H](C)[C@@H]([C@@H](CC(=O)O)OC)N(C)C(=O)[C@@H](NC(=O)[C@@H](O)C(C)C)C(C)C. The second-order valence-corrected chi connectivity index (χ2v) is 8.12. The maximum atomic E-state index is 13.2. The first kappa shape index (κ1) is 26.3. The topological polar surface area (TPSA) is 116 Å². The summed E-state index contributed by atoms with van der Waals surface area (Å²) in [6.07, 6.45) is -1.38. The molecule has 2 amide bonds. The van der Waals surface area contributed by atoms with Crippen LogP contribution >= 0.6 is 0 Å².